The van der Waals surface area contributed by atoms with Crippen molar-refractivity contribution in [1.82, 2.24) is 25.5 Å². The lowest BCUT2D eigenvalue weighted by atomic mass is 10.2. The van der Waals surface area contributed by atoms with E-state index in [2.05, 4.69) is 25.5 Å². The van der Waals surface area contributed by atoms with Gasteiger partial charge >= 0.3 is 0 Å². The molecule has 2 aromatic rings. The Morgan fingerprint density at radius 3 is 2.76 bits per heavy atom. The molecule has 110 valence electrons. The minimum atomic E-state index is -0.186. The Kier molecular flexibility index (Phi) is 3.67. The summed E-state index contributed by atoms with van der Waals surface area (Å²) in [5.74, 6) is 0.761. The summed E-state index contributed by atoms with van der Waals surface area (Å²) in [5.41, 5.74) is 1.10. The van der Waals surface area contributed by atoms with E-state index in [0.717, 1.165) is 24.5 Å². The summed E-state index contributed by atoms with van der Waals surface area (Å²) < 4.78 is 5.24. The van der Waals surface area contributed by atoms with E-state index < -0.39 is 0 Å². The van der Waals surface area contributed by atoms with Gasteiger partial charge in [0, 0.05) is 37.9 Å². The maximum absolute atomic E-state index is 12.1. The maximum atomic E-state index is 12.1. The molecule has 1 aromatic carbocycles. The Balaban J connectivity index is 1.63. The van der Waals surface area contributed by atoms with Gasteiger partial charge in [-0.05, 0) is 17.3 Å². The van der Waals surface area contributed by atoms with Crippen molar-refractivity contribution in [3.05, 3.63) is 30.1 Å². The molecular formula is C13H16N6O2. The zero-order valence-electron chi connectivity index (χ0n) is 11.7. The third-order valence-electron chi connectivity index (χ3n) is 3.52. The van der Waals surface area contributed by atoms with Gasteiger partial charge in [-0.1, -0.05) is 6.07 Å². The number of tetrazole rings is 1. The largest absolute Gasteiger partial charge is 0.497 e. The summed E-state index contributed by atoms with van der Waals surface area (Å²) in [5, 5.41) is 13.2. The molecule has 8 heteroatoms. The van der Waals surface area contributed by atoms with Crippen molar-refractivity contribution >= 4 is 11.6 Å². The lowest BCUT2D eigenvalue weighted by molar-refractivity contribution is 0.0734. The molecule has 0 bridgehead atoms. The fraction of sp³-hybridized carbons (Fsp3) is 0.385. The lowest BCUT2D eigenvalue weighted by Crippen LogP contribution is -2.49. The minimum absolute atomic E-state index is 0.116. The SMILES string of the molecule is COc1cccc(N2CCN(C(=O)c3nn[nH]n3)CC2)c1. The first-order valence-corrected chi connectivity index (χ1v) is 6.69. The summed E-state index contributed by atoms with van der Waals surface area (Å²) in [4.78, 5) is 16.1. The number of hydrogen-bond acceptors (Lipinski definition) is 6. The van der Waals surface area contributed by atoms with Crippen molar-refractivity contribution < 1.29 is 9.53 Å². The van der Waals surface area contributed by atoms with Gasteiger partial charge in [0.15, 0.2) is 0 Å². The number of nitrogens with zero attached hydrogens (tertiary/aromatic N) is 5. The number of aromatic nitrogens is 4. The molecule has 21 heavy (non-hydrogen) atoms. The van der Waals surface area contributed by atoms with Crippen LogP contribution in [0.5, 0.6) is 5.75 Å². The highest BCUT2D eigenvalue weighted by molar-refractivity contribution is 5.90. The monoisotopic (exact) mass is 288 g/mol. The Morgan fingerprint density at radius 2 is 2.10 bits per heavy atom. The number of nitrogens with one attached hydrogen (secondary N) is 1. The van der Waals surface area contributed by atoms with Crippen molar-refractivity contribution in [2.75, 3.05) is 38.2 Å². The average molecular weight is 288 g/mol. The third kappa shape index (κ3) is 2.78. The van der Waals surface area contributed by atoms with E-state index in [4.69, 9.17) is 4.74 Å². The number of hydrogen-bond donors (Lipinski definition) is 1. The van der Waals surface area contributed by atoms with E-state index in [1.807, 2.05) is 24.3 Å². The highest BCUT2D eigenvalue weighted by atomic mass is 16.5. The number of amides is 1. The van der Waals surface area contributed by atoms with Crippen LogP contribution in [-0.2, 0) is 0 Å². The molecule has 0 atom stereocenters. The van der Waals surface area contributed by atoms with Crippen LogP contribution >= 0.6 is 0 Å². The van der Waals surface area contributed by atoms with Crippen molar-refractivity contribution in [3.63, 3.8) is 0 Å². The summed E-state index contributed by atoms with van der Waals surface area (Å²) >= 11 is 0. The summed E-state index contributed by atoms with van der Waals surface area (Å²) in [6.45, 7) is 2.78. The van der Waals surface area contributed by atoms with Crippen molar-refractivity contribution in [2.45, 2.75) is 0 Å². The molecule has 1 aromatic heterocycles. The smallest absolute Gasteiger partial charge is 0.295 e. The molecule has 1 N–H and O–H groups in total. The lowest BCUT2D eigenvalue weighted by Gasteiger charge is -2.35. The Morgan fingerprint density at radius 1 is 1.29 bits per heavy atom. The highest BCUT2D eigenvalue weighted by Gasteiger charge is 2.24. The number of carbonyl (C=O) groups excluding carboxylic acids is 1. The van der Waals surface area contributed by atoms with Crippen LogP contribution in [0, 0.1) is 0 Å². The molecule has 1 fully saturated rings. The predicted octanol–water partition coefficient (Wildman–Crippen LogP) is 0.171. The van der Waals surface area contributed by atoms with Gasteiger partial charge in [-0.25, -0.2) is 0 Å². The number of benzene rings is 1. The van der Waals surface area contributed by atoms with Crippen LogP contribution in [0.3, 0.4) is 0 Å². The molecule has 1 amide bonds. The number of methoxy groups -OCH3 is 1. The average Bonchev–Trinajstić information content (AvgIpc) is 3.09. The second-order valence-corrected chi connectivity index (χ2v) is 4.72. The van der Waals surface area contributed by atoms with Crippen LogP contribution in [0.1, 0.15) is 10.6 Å². The molecule has 0 saturated carbocycles. The standard InChI is InChI=1S/C13H16N6O2/c1-21-11-4-2-3-10(9-11)18-5-7-19(8-6-18)13(20)12-14-16-17-15-12/h2-4,9H,5-8H2,1H3,(H,14,15,16,17). The van der Waals surface area contributed by atoms with Crippen LogP contribution in [0.25, 0.3) is 0 Å². The van der Waals surface area contributed by atoms with Crippen molar-refractivity contribution in [3.8, 4) is 5.75 Å². The number of ether oxygens (including phenoxy) is 1. The fourth-order valence-electron chi connectivity index (χ4n) is 2.37. The molecule has 0 spiro atoms. The topological polar surface area (TPSA) is 87.2 Å². The minimum Gasteiger partial charge on any atom is -0.497 e. The number of H-pyrrole nitrogens is 1. The Bertz CT molecular complexity index is 607. The van der Waals surface area contributed by atoms with Crippen LogP contribution in [0.2, 0.25) is 0 Å². The molecule has 2 heterocycles. The normalized spacial score (nSPS) is 15.1. The molecule has 3 rings (SSSR count). The van der Waals surface area contributed by atoms with Crippen molar-refractivity contribution in [1.29, 1.82) is 0 Å². The fourth-order valence-corrected chi connectivity index (χ4v) is 2.37. The number of rotatable bonds is 3. The number of aromatic amines is 1. The van der Waals surface area contributed by atoms with E-state index in [1.54, 1.807) is 12.0 Å². The highest BCUT2D eigenvalue weighted by Crippen LogP contribution is 2.22. The second kappa shape index (κ2) is 5.78. The summed E-state index contributed by atoms with van der Waals surface area (Å²) in [6, 6.07) is 7.92. The van der Waals surface area contributed by atoms with Gasteiger partial charge in [-0.3, -0.25) is 4.79 Å². The quantitative estimate of drug-likeness (QED) is 0.866. The van der Waals surface area contributed by atoms with Gasteiger partial charge in [0.2, 0.25) is 0 Å². The first-order valence-electron chi connectivity index (χ1n) is 6.69. The van der Waals surface area contributed by atoms with Crippen molar-refractivity contribution in [2.24, 2.45) is 0 Å². The molecule has 8 nitrogen and oxygen atoms in total. The van der Waals surface area contributed by atoms with Gasteiger partial charge in [0.05, 0.1) is 7.11 Å². The number of piperazine rings is 1. The van der Waals surface area contributed by atoms with Crippen LogP contribution in [0.15, 0.2) is 24.3 Å². The van der Waals surface area contributed by atoms with E-state index >= 15 is 0 Å². The van der Waals surface area contributed by atoms with Gasteiger partial charge in [0.1, 0.15) is 5.75 Å². The first-order chi connectivity index (χ1) is 10.3. The molecule has 0 unspecified atom stereocenters. The summed E-state index contributed by atoms with van der Waals surface area (Å²) in [7, 11) is 1.65. The van der Waals surface area contributed by atoms with Crippen LogP contribution in [-0.4, -0.2) is 64.7 Å². The van der Waals surface area contributed by atoms with E-state index in [0.29, 0.717) is 13.1 Å². The summed E-state index contributed by atoms with van der Waals surface area (Å²) in [6.07, 6.45) is 0. The Labute approximate surface area is 121 Å². The Hall–Kier alpha value is -2.64. The second-order valence-electron chi connectivity index (χ2n) is 4.72. The van der Waals surface area contributed by atoms with E-state index in [9.17, 15) is 4.79 Å². The van der Waals surface area contributed by atoms with Gasteiger partial charge < -0.3 is 14.5 Å². The van der Waals surface area contributed by atoms with E-state index in [-0.39, 0.29) is 11.7 Å². The molecule has 1 aliphatic heterocycles. The molecular weight excluding hydrogens is 272 g/mol. The van der Waals surface area contributed by atoms with E-state index in [1.165, 1.54) is 0 Å². The molecule has 0 radical (unpaired) electrons. The molecule has 1 aliphatic rings. The van der Waals surface area contributed by atoms with Crippen LogP contribution in [0.4, 0.5) is 5.69 Å². The predicted molar refractivity (Wildman–Crippen MR) is 75.3 cm³/mol. The van der Waals surface area contributed by atoms with Crippen LogP contribution < -0.4 is 9.64 Å². The number of carbonyl (C=O) groups is 1. The number of anilines is 1. The zero-order chi connectivity index (χ0) is 14.7. The maximum Gasteiger partial charge on any atom is 0.295 e. The zero-order valence-corrected chi connectivity index (χ0v) is 11.7. The van der Waals surface area contributed by atoms with Gasteiger partial charge in [0.25, 0.3) is 11.7 Å². The molecule has 0 aliphatic carbocycles. The first kappa shape index (κ1) is 13.3. The molecule has 1 saturated heterocycles. The van der Waals surface area contributed by atoms with Gasteiger partial charge in [-0.15, -0.1) is 10.2 Å². The third-order valence-corrected chi connectivity index (χ3v) is 3.52. The van der Waals surface area contributed by atoms with Gasteiger partial charge in [-0.2, -0.15) is 5.21 Å².